The average molecular weight is 216 g/mol. The van der Waals surface area contributed by atoms with Crippen LogP contribution >= 0.6 is 0 Å². The first-order chi connectivity index (χ1) is 7.29. The molecule has 1 aliphatic rings. The summed E-state index contributed by atoms with van der Waals surface area (Å²) in [5.74, 6) is 0.0719. The Morgan fingerprint density at radius 2 is 2.47 bits per heavy atom. The molecule has 0 aromatic heterocycles. The monoisotopic (exact) mass is 216 g/mol. The first kappa shape index (κ1) is 12.4. The van der Waals surface area contributed by atoms with Gasteiger partial charge in [-0.25, -0.2) is 0 Å². The van der Waals surface area contributed by atoms with E-state index in [4.69, 9.17) is 9.84 Å². The van der Waals surface area contributed by atoms with Gasteiger partial charge in [0.05, 0.1) is 25.8 Å². The van der Waals surface area contributed by atoms with Gasteiger partial charge in [0, 0.05) is 20.2 Å². The predicted molar refractivity (Wildman–Crippen MR) is 56.6 cm³/mol. The van der Waals surface area contributed by atoms with Crippen molar-refractivity contribution in [3.8, 4) is 0 Å². The maximum absolute atomic E-state index is 11.7. The van der Waals surface area contributed by atoms with Crippen molar-refractivity contribution in [1.29, 1.82) is 0 Å². The van der Waals surface area contributed by atoms with Crippen LogP contribution in [0.2, 0.25) is 0 Å². The van der Waals surface area contributed by atoms with Gasteiger partial charge in [0.25, 0.3) is 0 Å². The van der Waals surface area contributed by atoms with Gasteiger partial charge >= 0.3 is 0 Å². The molecular formula is C10H20N2O3. The van der Waals surface area contributed by atoms with Crippen molar-refractivity contribution in [3.63, 3.8) is 0 Å². The van der Waals surface area contributed by atoms with Crippen LogP contribution in [0.4, 0.5) is 0 Å². The number of nitrogens with zero attached hydrogens (tertiary/aromatic N) is 1. The standard InChI is InChI=1S/C10H20N2O3/c1-15-6-4-11-7-10(14)12-5-2-3-9(12)8-13/h9,11,13H,2-8H2,1H3/t9-/m1/s1. The topological polar surface area (TPSA) is 61.8 Å². The second kappa shape index (κ2) is 6.76. The minimum absolute atomic E-state index is 0.0294. The molecule has 0 spiro atoms. The number of methoxy groups -OCH3 is 1. The number of aliphatic hydroxyl groups is 1. The summed E-state index contributed by atoms with van der Waals surface area (Å²) in [5.41, 5.74) is 0. The highest BCUT2D eigenvalue weighted by molar-refractivity contribution is 5.78. The van der Waals surface area contributed by atoms with Crippen molar-refractivity contribution < 1.29 is 14.6 Å². The van der Waals surface area contributed by atoms with Crippen molar-refractivity contribution in [2.75, 3.05) is 40.0 Å². The van der Waals surface area contributed by atoms with Crippen LogP contribution in [-0.4, -0.2) is 61.9 Å². The number of ether oxygens (including phenoxy) is 1. The molecule has 5 nitrogen and oxygen atoms in total. The third-order valence-electron chi connectivity index (χ3n) is 2.67. The highest BCUT2D eigenvalue weighted by Gasteiger charge is 2.27. The molecule has 0 bridgehead atoms. The Kier molecular flexibility index (Phi) is 5.60. The van der Waals surface area contributed by atoms with Gasteiger partial charge in [-0.3, -0.25) is 4.79 Å². The SMILES string of the molecule is COCCNCC(=O)N1CCC[C@@H]1CO. The second-order valence-corrected chi connectivity index (χ2v) is 3.74. The molecule has 0 aromatic rings. The zero-order valence-electron chi connectivity index (χ0n) is 9.24. The highest BCUT2D eigenvalue weighted by Crippen LogP contribution is 2.16. The van der Waals surface area contributed by atoms with Crippen LogP contribution in [0.25, 0.3) is 0 Å². The molecule has 1 heterocycles. The Balaban J connectivity index is 2.21. The number of hydrogen-bond donors (Lipinski definition) is 2. The molecular weight excluding hydrogens is 196 g/mol. The number of nitrogens with one attached hydrogen (secondary N) is 1. The molecule has 2 N–H and O–H groups in total. The molecule has 1 rings (SSSR count). The zero-order valence-corrected chi connectivity index (χ0v) is 9.24. The molecule has 0 unspecified atom stereocenters. The molecule has 0 radical (unpaired) electrons. The van der Waals surface area contributed by atoms with Gasteiger partial charge in [-0.05, 0) is 12.8 Å². The molecule has 1 atom stereocenters. The molecule has 1 fully saturated rings. The van der Waals surface area contributed by atoms with E-state index in [9.17, 15) is 4.79 Å². The van der Waals surface area contributed by atoms with E-state index in [1.165, 1.54) is 0 Å². The highest BCUT2D eigenvalue weighted by atomic mass is 16.5. The smallest absolute Gasteiger partial charge is 0.236 e. The molecule has 1 saturated heterocycles. The van der Waals surface area contributed by atoms with Crippen molar-refractivity contribution in [3.05, 3.63) is 0 Å². The van der Waals surface area contributed by atoms with Crippen LogP contribution in [0.1, 0.15) is 12.8 Å². The minimum Gasteiger partial charge on any atom is -0.394 e. The van der Waals surface area contributed by atoms with E-state index in [-0.39, 0.29) is 18.6 Å². The molecule has 0 saturated carbocycles. The molecule has 5 heteroatoms. The summed E-state index contributed by atoms with van der Waals surface area (Å²) < 4.78 is 4.86. The fourth-order valence-electron chi connectivity index (χ4n) is 1.82. The number of aliphatic hydroxyl groups excluding tert-OH is 1. The summed E-state index contributed by atoms with van der Waals surface area (Å²) in [6.07, 6.45) is 1.91. The third kappa shape index (κ3) is 3.77. The summed E-state index contributed by atoms with van der Waals surface area (Å²) in [7, 11) is 1.63. The number of amides is 1. The van der Waals surface area contributed by atoms with Gasteiger partial charge in [0.1, 0.15) is 0 Å². The van der Waals surface area contributed by atoms with Gasteiger partial charge in [-0.15, -0.1) is 0 Å². The molecule has 0 aliphatic carbocycles. The van der Waals surface area contributed by atoms with Crippen LogP contribution in [-0.2, 0) is 9.53 Å². The van der Waals surface area contributed by atoms with Crippen LogP contribution in [0, 0.1) is 0 Å². The summed E-state index contributed by atoms with van der Waals surface area (Å²) in [4.78, 5) is 13.5. The molecule has 0 aromatic carbocycles. The first-order valence-electron chi connectivity index (χ1n) is 5.39. The number of rotatable bonds is 6. The average Bonchev–Trinajstić information content (AvgIpc) is 2.72. The lowest BCUT2D eigenvalue weighted by Crippen LogP contribution is -2.43. The van der Waals surface area contributed by atoms with E-state index < -0.39 is 0 Å². The molecule has 88 valence electrons. The maximum atomic E-state index is 11.7. The summed E-state index contributed by atoms with van der Waals surface area (Å²) >= 11 is 0. The fourth-order valence-corrected chi connectivity index (χ4v) is 1.82. The zero-order chi connectivity index (χ0) is 11.1. The molecule has 1 aliphatic heterocycles. The van der Waals surface area contributed by atoms with Crippen molar-refractivity contribution in [2.45, 2.75) is 18.9 Å². The van der Waals surface area contributed by atoms with E-state index in [1.54, 1.807) is 12.0 Å². The Morgan fingerprint density at radius 1 is 1.67 bits per heavy atom. The lowest BCUT2D eigenvalue weighted by Gasteiger charge is -2.23. The van der Waals surface area contributed by atoms with Gasteiger partial charge in [-0.2, -0.15) is 0 Å². The Hall–Kier alpha value is -0.650. The summed E-state index contributed by atoms with van der Waals surface area (Å²) in [6.45, 7) is 2.47. The van der Waals surface area contributed by atoms with Gasteiger partial charge in [-0.1, -0.05) is 0 Å². The lowest BCUT2D eigenvalue weighted by molar-refractivity contribution is -0.131. The number of hydrogen-bond acceptors (Lipinski definition) is 4. The van der Waals surface area contributed by atoms with E-state index in [1.807, 2.05) is 0 Å². The second-order valence-electron chi connectivity index (χ2n) is 3.74. The van der Waals surface area contributed by atoms with Crippen LogP contribution in [0.3, 0.4) is 0 Å². The van der Waals surface area contributed by atoms with Gasteiger partial charge in [0.2, 0.25) is 5.91 Å². The Labute approximate surface area is 90.4 Å². The van der Waals surface area contributed by atoms with E-state index >= 15 is 0 Å². The molecule has 15 heavy (non-hydrogen) atoms. The van der Waals surface area contributed by atoms with Gasteiger partial charge < -0.3 is 20.1 Å². The number of likely N-dealkylation sites (tertiary alicyclic amines) is 1. The summed E-state index contributed by atoms with van der Waals surface area (Å²) in [5, 5.41) is 12.1. The van der Waals surface area contributed by atoms with Crippen molar-refractivity contribution >= 4 is 5.91 Å². The van der Waals surface area contributed by atoms with Crippen molar-refractivity contribution in [1.82, 2.24) is 10.2 Å². The minimum atomic E-state index is 0.0294. The normalized spacial score (nSPS) is 20.9. The quantitative estimate of drug-likeness (QED) is 0.571. The fraction of sp³-hybridized carbons (Fsp3) is 0.900. The predicted octanol–water partition coefficient (Wildman–Crippen LogP) is -0.794. The number of carbonyl (C=O) groups excluding carboxylic acids is 1. The Bertz CT molecular complexity index is 199. The maximum Gasteiger partial charge on any atom is 0.236 e. The van der Waals surface area contributed by atoms with E-state index in [0.717, 1.165) is 19.4 Å². The van der Waals surface area contributed by atoms with Crippen LogP contribution in [0.5, 0.6) is 0 Å². The molecule has 1 amide bonds. The van der Waals surface area contributed by atoms with E-state index in [0.29, 0.717) is 19.7 Å². The van der Waals surface area contributed by atoms with Crippen LogP contribution in [0.15, 0.2) is 0 Å². The van der Waals surface area contributed by atoms with Crippen molar-refractivity contribution in [2.24, 2.45) is 0 Å². The number of carbonyl (C=O) groups is 1. The summed E-state index contributed by atoms with van der Waals surface area (Å²) in [6, 6.07) is 0.0294. The first-order valence-corrected chi connectivity index (χ1v) is 5.39. The van der Waals surface area contributed by atoms with Gasteiger partial charge in [0.15, 0.2) is 0 Å². The lowest BCUT2D eigenvalue weighted by atomic mass is 10.2. The third-order valence-corrected chi connectivity index (χ3v) is 2.67. The Morgan fingerprint density at radius 3 is 3.13 bits per heavy atom. The largest absolute Gasteiger partial charge is 0.394 e. The van der Waals surface area contributed by atoms with E-state index in [2.05, 4.69) is 5.32 Å². The van der Waals surface area contributed by atoms with Crippen LogP contribution < -0.4 is 5.32 Å².